The van der Waals surface area contributed by atoms with Crippen molar-refractivity contribution >= 4 is 17.4 Å². The number of hydrogen-bond acceptors (Lipinski definition) is 4. The molecule has 124 valence electrons. The number of morpholine rings is 1. The van der Waals surface area contributed by atoms with Gasteiger partial charge in [0.15, 0.2) is 0 Å². The van der Waals surface area contributed by atoms with Crippen LogP contribution in [0.3, 0.4) is 0 Å². The maximum Gasteiger partial charge on any atom is 0.318 e. The molecule has 0 spiro atoms. The fourth-order valence-electron chi connectivity index (χ4n) is 2.36. The predicted octanol–water partition coefficient (Wildman–Crippen LogP) is 3.32. The summed E-state index contributed by atoms with van der Waals surface area (Å²) in [6, 6.07) is -0.129. The Balaban J connectivity index is 1.98. The number of ether oxygens (including phenoxy) is 1. The molecule has 0 saturated carbocycles. The fraction of sp³-hybridized carbons (Fsp3) is 0.750. The van der Waals surface area contributed by atoms with Crippen LogP contribution in [-0.4, -0.2) is 41.2 Å². The second kappa shape index (κ2) is 6.16. The van der Waals surface area contributed by atoms with E-state index in [1.807, 2.05) is 25.7 Å². The lowest BCUT2D eigenvalue weighted by Gasteiger charge is -2.38. The Kier molecular flexibility index (Phi) is 4.82. The molecule has 2 rings (SSSR count). The number of hydrogen-bond donors (Lipinski definition) is 1. The van der Waals surface area contributed by atoms with E-state index < -0.39 is 0 Å². The van der Waals surface area contributed by atoms with Crippen LogP contribution in [0.15, 0.2) is 5.38 Å². The molecule has 1 N–H and O–H groups in total. The minimum atomic E-state index is -0.278. The molecule has 2 amide bonds. The van der Waals surface area contributed by atoms with E-state index in [1.165, 1.54) is 0 Å². The summed E-state index contributed by atoms with van der Waals surface area (Å²) in [4.78, 5) is 18.9. The van der Waals surface area contributed by atoms with Crippen LogP contribution in [0, 0.1) is 0 Å². The third-order valence-electron chi connectivity index (χ3n) is 3.71. The van der Waals surface area contributed by atoms with Gasteiger partial charge in [0.05, 0.1) is 30.5 Å². The maximum atomic E-state index is 12.4. The molecule has 1 aliphatic rings. The predicted molar refractivity (Wildman–Crippen MR) is 89.4 cm³/mol. The number of amides is 2. The summed E-state index contributed by atoms with van der Waals surface area (Å²) in [5.74, 6) is 0. The van der Waals surface area contributed by atoms with E-state index in [2.05, 4.69) is 36.5 Å². The molecule has 0 aliphatic carbocycles. The number of aromatic nitrogens is 1. The van der Waals surface area contributed by atoms with Crippen molar-refractivity contribution in [2.45, 2.75) is 58.6 Å². The van der Waals surface area contributed by atoms with E-state index in [9.17, 15) is 4.79 Å². The minimum absolute atomic E-state index is 0.0344. The van der Waals surface area contributed by atoms with E-state index in [0.717, 1.165) is 10.7 Å². The van der Waals surface area contributed by atoms with Crippen molar-refractivity contribution in [3.05, 3.63) is 16.1 Å². The largest absolute Gasteiger partial charge is 0.372 e. The van der Waals surface area contributed by atoms with E-state index in [1.54, 1.807) is 11.3 Å². The van der Waals surface area contributed by atoms with Crippen molar-refractivity contribution in [2.75, 3.05) is 19.7 Å². The first-order chi connectivity index (χ1) is 10.1. The Morgan fingerprint density at radius 3 is 2.73 bits per heavy atom. The van der Waals surface area contributed by atoms with Crippen molar-refractivity contribution in [3.63, 3.8) is 0 Å². The van der Waals surface area contributed by atoms with Crippen LogP contribution in [0.2, 0.25) is 0 Å². The lowest BCUT2D eigenvalue weighted by molar-refractivity contribution is -0.0735. The third-order valence-corrected chi connectivity index (χ3v) is 4.74. The summed E-state index contributed by atoms with van der Waals surface area (Å²) < 4.78 is 5.64. The van der Waals surface area contributed by atoms with Crippen LogP contribution in [0.25, 0.3) is 0 Å². The number of carbonyl (C=O) groups is 1. The van der Waals surface area contributed by atoms with Gasteiger partial charge in [-0.25, -0.2) is 9.78 Å². The van der Waals surface area contributed by atoms with Gasteiger partial charge in [-0.1, -0.05) is 20.8 Å². The van der Waals surface area contributed by atoms with Crippen molar-refractivity contribution < 1.29 is 9.53 Å². The quantitative estimate of drug-likeness (QED) is 0.907. The molecule has 1 aromatic rings. The van der Waals surface area contributed by atoms with Crippen molar-refractivity contribution in [2.24, 2.45) is 0 Å². The van der Waals surface area contributed by atoms with E-state index >= 15 is 0 Å². The molecule has 2 heterocycles. The summed E-state index contributed by atoms with van der Waals surface area (Å²) in [7, 11) is 0. The highest BCUT2D eigenvalue weighted by Crippen LogP contribution is 2.27. The smallest absolute Gasteiger partial charge is 0.318 e. The molecule has 0 aromatic carbocycles. The molecular formula is C16H27N3O2S. The average molecular weight is 325 g/mol. The molecule has 0 radical (unpaired) electrons. The SMILES string of the molecule is C[C@@H](NC(=O)N1CCOC(C)(C)C1)c1nc(C(C)(C)C)cs1. The van der Waals surface area contributed by atoms with Gasteiger partial charge in [-0.05, 0) is 20.8 Å². The molecule has 1 aliphatic heterocycles. The van der Waals surface area contributed by atoms with Gasteiger partial charge >= 0.3 is 6.03 Å². The normalized spacial score (nSPS) is 19.8. The first kappa shape index (κ1) is 17.2. The van der Waals surface area contributed by atoms with Crippen molar-refractivity contribution in [1.82, 2.24) is 15.2 Å². The van der Waals surface area contributed by atoms with Gasteiger partial charge in [0.25, 0.3) is 0 Å². The van der Waals surface area contributed by atoms with Crippen LogP contribution < -0.4 is 5.32 Å². The van der Waals surface area contributed by atoms with Crippen LogP contribution in [-0.2, 0) is 10.2 Å². The fourth-order valence-corrected chi connectivity index (χ4v) is 3.41. The highest BCUT2D eigenvalue weighted by molar-refractivity contribution is 7.09. The van der Waals surface area contributed by atoms with Crippen LogP contribution in [0.4, 0.5) is 4.79 Å². The summed E-state index contributed by atoms with van der Waals surface area (Å²) in [6.45, 7) is 14.2. The van der Waals surface area contributed by atoms with Crippen LogP contribution >= 0.6 is 11.3 Å². The van der Waals surface area contributed by atoms with Gasteiger partial charge in [0.2, 0.25) is 0 Å². The zero-order chi connectivity index (χ0) is 16.5. The molecule has 22 heavy (non-hydrogen) atoms. The van der Waals surface area contributed by atoms with Gasteiger partial charge in [-0.2, -0.15) is 0 Å². The highest BCUT2D eigenvalue weighted by atomic mass is 32.1. The third kappa shape index (κ3) is 4.20. The zero-order valence-electron chi connectivity index (χ0n) is 14.4. The van der Waals surface area contributed by atoms with E-state index in [4.69, 9.17) is 4.74 Å². The summed E-state index contributed by atoms with van der Waals surface area (Å²) in [5, 5.41) is 6.08. The Bertz CT molecular complexity index is 534. The molecule has 1 atom stereocenters. The van der Waals surface area contributed by atoms with Crippen LogP contribution in [0.5, 0.6) is 0 Å². The molecular weight excluding hydrogens is 298 g/mol. The Morgan fingerprint density at radius 1 is 1.50 bits per heavy atom. The van der Waals surface area contributed by atoms with Gasteiger partial charge in [-0.3, -0.25) is 0 Å². The Morgan fingerprint density at radius 2 is 2.18 bits per heavy atom. The van der Waals surface area contributed by atoms with Gasteiger partial charge in [-0.15, -0.1) is 11.3 Å². The monoisotopic (exact) mass is 325 g/mol. The molecule has 0 bridgehead atoms. The number of rotatable bonds is 2. The summed E-state index contributed by atoms with van der Waals surface area (Å²) in [5.41, 5.74) is 0.827. The van der Waals surface area contributed by atoms with Gasteiger partial charge in [0.1, 0.15) is 5.01 Å². The second-order valence-corrected chi connectivity index (χ2v) is 8.41. The maximum absolute atomic E-state index is 12.4. The highest BCUT2D eigenvalue weighted by Gasteiger charge is 2.30. The van der Waals surface area contributed by atoms with Crippen molar-refractivity contribution in [3.8, 4) is 0 Å². The van der Waals surface area contributed by atoms with Gasteiger partial charge in [0, 0.05) is 17.3 Å². The Labute approximate surface area is 137 Å². The van der Waals surface area contributed by atoms with E-state index in [0.29, 0.717) is 19.7 Å². The first-order valence-electron chi connectivity index (χ1n) is 7.74. The minimum Gasteiger partial charge on any atom is -0.372 e. The topological polar surface area (TPSA) is 54.5 Å². The van der Waals surface area contributed by atoms with E-state index in [-0.39, 0.29) is 23.1 Å². The standard InChI is InChI=1S/C16H27N3O2S/c1-11(13-18-12(9-22-13)15(2,3)4)17-14(20)19-7-8-21-16(5,6)10-19/h9,11H,7-8,10H2,1-6H3,(H,17,20)/t11-/m1/s1. The zero-order valence-corrected chi connectivity index (χ0v) is 15.2. The van der Waals surface area contributed by atoms with Crippen LogP contribution in [0.1, 0.15) is 58.3 Å². The molecule has 6 heteroatoms. The average Bonchev–Trinajstić information content (AvgIpc) is 2.86. The van der Waals surface area contributed by atoms with Gasteiger partial charge < -0.3 is 15.0 Å². The summed E-state index contributed by atoms with van der Waals surface area (Å²) in [6.07, 6.45) is 0. The first-order valence-corrected chi connectivity index (χ1v) is 8.62. The summed E-state index contributed by atoms with van der Waals surface area (Å²) >= 11 is 1.60. The molecule has 1 aromatic heterocycles. The lowest BCUT2D eigenvalue weighted by atomic mass is 9.93. The number of carbonyl (C=O) groups excluding carboxylic acids is 1. The number of urea groups is 1. The second-order valence-electron chi connectivity index (χ2n) is 7.52. The number of nitrogens with zero attached hydrogens (tertiary/aromatic N) is 2. The molecule has 1 fully saturated rings. The Hall–Kier alpha value is -1.14. The number of nitrogens with one attached hydrogen (secondary N) is 1. The molecule has 5 nitrogen and oxygen atoms in total. The number of thiazole rings is 1. The lowest BCUT2D eigenvalue weighted by Crippen LogP contribution is -2.53. The molecule has 1 saturated heterocycles. The van der Waals surface area contributed by atoms with Crippen molar-refractivity contribution in [1.29, 1.82) is 0 Å². The molecule has 0 unspecified atom stereocenters.